The van der Waals surface area contributed by atoms with Crippen LogP contribution in [0, 0.1) is 17.8 Å². The first-order valence-electron chi connectivity index (χ1n) is 11.5. The lowest BCUT2D eigenvalue weighted by Gasteiger charge is -2.45. The Morgan fingerprint density at radius 2 is 1.66 bits per heavy atom. The maximum absolute atomic E-state index is 12.9. The molecule has 3 N–H and O–H groups in total. The topological polar surface area (TPSA) is 75.4 Å². The minimum Gasteiger partial charge on any atom is -0.353 e. The highest BCUT2D eigenvalue weighted by atomic mass is 16.2. The minimum absolute atomic E-state index is 0.0458. The van der Waals surface area contributed by atoms with Gasteiger partial charge in [-0.3, -0.25) is 9.59 Å². The van der Waals surface area contributed by atoms with Gasteiger partial charge >= 0.3 is 0 Å². The van der Waals surface area contributed by atoms with Gasteiger partial charge in [0.05, 0.1) is 0 Å². The molecule has 2 aliphatic carbocycles. The van der Waals surface area contributed by atoms with Gasteiger partial charge in [-0.05, 0) is 62.3 Å². The number of benzene rings is 1. The summed E-state index contributed by atoms with van der Waals surface area (Å²) in [7, 11) is 0. The number of carbonyl (C=O) groups excluding carboxylic acids is 2. The van der Waals surface area contributed by atoms with Crippen LogP contribution in [0.1, 0.15) is 56.9 Å². The molecule has 5 nitrogen and oxygen atoms in total. The van der Waals surface area contributed by atoms with Crippen molar-refractivity contribution in [2.75, 3.05) is 13.1 Å². The van der Waals surface area contributed by atoms with Crippen LogP contribution in [0.15, 0.2) is 30.3 Å². The molecule has 0 spiro atoms. The second kappa shape index (κ2) is 9.29. The van der Waals surface area contributed by atoms with Crippen molar-refractivity contribution in [3.63, 3.8) is 0 Å². The molecular formula is C24H35N3O2. The molecule has 2 bridgehead atoms. The standard InChI is InChI=1S/C24H35N3O2/c25-21-15-19-7-4-8-20(16-21)23(19)26-24(29)18-11-13-27(14-12-18)22(28)10-9-17-5-2-1-3-6-17/h1-3,5-6,18-21,23H,4,7-16,25H2,(H,26,29). The summed E-state index contributed by atoms with van der Waals surface area (Å²) in [4.78, 5) is 27.4. The zero-order valence-corrected chi connectivity index (χ0v) is 17.4. The molecule has 1 heterocycles. The largest absolute Gasteiger partial charge is 0.353 e. The number of aryl methyl sites for hydroxylation is 1. The number of nitrogens with two attached hydrogens (primary N) is 1. The molecule has 1 saturated heterocycles. The molecule has 29 heavy (non-hydrogen) atoms. The number of piperidine rings is 1. The molecule has 1 aliphatic heterocycles. The van der Waals surface area contributed by atoms with Crippen LogP contribution in [0.5, 0.6) is 0 Å². The van der Waals surface area contributed by atoms with Gasteiger partial charge in [-0.1, -0.05) is 36.8 Å². The van der Waals surface area contributed by atoms with E-state index in [2.05, 4.69) is 17.4 Å². The molecule has 0 radical (unpaired) electrons. The summed E-state index contributed by atoms with van der Waals surface area (Å²) in [6.07, 6.45) is 8.67. The van der Waals surface area contributed by atoms with E-state index in [0.29, 0.717) is 43.4 Å². The maximum Gasteiger partial charge on any atom is 0.223 e. The lowest BCUT2D eigenvalue weighted by molar-refractivity contribution is -0.136. The third-order valence-corrected chi connectivity index (χ3v) is 7.37. The molecule has 3 fully saturated rings. The van der Waals surface area contributed by atoms with Crippen molar-refractivity contribution in [1.82, 2.24) is 10.2 Å². The molecule has 4 rings (SSSR count). The lowest BCUT2D eigenvalue weighted by atomic mass is 9.67. The maximum atomic E-state index is 12.9. The van der Waals surface area contributed by atoms with E-state index in [0.717, 1.165) is 32.1 Å². The zero-order chi connectivity index (χ0) is 20.2. The second-order valence-electron chi connectivity index (χ2n) is 9.36. The first-order chi connectivity index (χ1) is 14.1. The fraction of sp³-hybridized carbons (Fsp3) is 0.667. The van der Waals surface area contributed by atoms with E-state index in [-0.39, 0.29) is 17.7 Å². The number of hydrogen-bond donors (Lipinski definition) is 2. The van der Waals surface area contributed by atoms with Gasteiger partial charge in [-0.2, -0.15) is 0 Å². The average Bonchev–Trinajstić information content (AvgIpc) is 2.73. The Morgan fingerprint density at radius 3 is 2.31 bits per heavy atom. The Kier molecular flexibility index (Phi) is 6.53. The number of amides is 2. The van der Waals surface area contributed by atoms with Crippen LogP contribution in [0.3, 0.4) is 0 Å². The molecule has 0 aromatic heterocycles. The summed E-state index contributed by atoms with van der Waals surface area (Å²) in [6, 6.07) is 10.8. The van der Waals surface area contributed by atoms with E-state index < -0.39 is 0 Å². The van der Waals surface area contributed by atoms with Crippen molar-refractivity contribution in [3.05, 3.63) is 35.9 Å². The first-order valence-corrected chi connectivity index (χ1v) is 11.5. The number of hydrogen-bond acceptors (Lipinski definition) is 3. The second-order valence-corrected chi connectivity index (χ2v) is 9.36. The smallest absolute Gasteiger partial charge is 0.223 e. The number of carbonyl (C=O) groups is 2. The molecule has 2 amide bonds. The van der Waals surface area contributed by atoms with Gasteiger partial charge in [-0.25, -0.2) is 0 Å². The summed E-state index contributed by atoms with van der Waals surface area (Å²) >= 11 is 0. The minimum atomic E-state index is 0.0458. The van der Waals surface area contributed by atoms with Crippen molar-refractivity contribution in [2.45, 2.75) is 69.9 Å². The molecule has 1 aromatic rings. The summed E-state index contributed by atoms with van der Waals surface area (Å²) < 4.78 is 0. The Balaban J connectivity index is 1.23. The highest BCUT2D eigenvalue weighted by Crippen LogP contribution is 2.40. The quantitative estimate of drug-likeness (QED) is 0.802. The van der Waals surface area contributed by atoms with Crippen LogP contribution in [0.2, 0.25) is 0 Å². The summed E-state index contributed by atoms with van der Waals surface area (Å²) in [5.74, 6) is 1.58. The van der Waals surface area contributed by atoms with Gasteiger partial charge in [0.1, 0.15) is 0 Å². The normalized spacial score (nSPS) is 30.0. The van der Waals surface area contributed by atoms with Crippen molar-refractivity contribution in [1.29, 1.82) is 0 Å². The lowest BCUT2D eigenvalue weighted by Crippen LogP contribution is -2.55. The first kappa shape index (κ1) is 20.4. The van der Waals surface area contributed by atoms with Crippen LogP contribution in [-0.2, 0) is 16.0 Å². The van der Waals surface area contributed by atoms with E-state index in [9.17, 15) is 9.59 Å². The SMILES string of the molecule is NC1CC2CCCC(C1)C2NC(=O)C1CCN(C(=O)CCc2ccccc2)CC1. The van der Waals surface area contributed by atoms with Gasteiger partial charge in [0.2, 0.25) is 11.8 Å². The van der Waals surface area contributed by atoms with E-state index in [1.165, 1.54) is 24.8 Å². The zero-order valence-electron chi connectivity index (χ0n) is 17.4. The van der Waals surface area contributed by atoms with E-state index in [1.807, 2.05) is 23.1 Å². The van der Waals surface area contributed by atoms with Crippen molar-refractivity contribution < 1.29 is 9.59 Å². The Hall–Kier alpha value is -1.88. The van der Waals surface area contributed by atoms with Crippen molar-refractivity contribution in [3.8, 4) is 0 Å². The van der Waals surface area contributed by atoms with E-state index in [1.54, 1.807) is 0 Å². The van der Waals surface area contributed by atoms with Crippen LogP contribution in [-0.4, -0.2) is 41.9 Å². The monoisotopic (exact) mass is 397 g/mol. The summed E-state index contributed by atoms with van der Waals surface area (Å²) in [5, 5.41) is 3.40. The number of nitrogens with zero attached hydrogens (tertiary/aromatic N) is 1. The molecule has 1 aromatic carbocycles. The van der Waals surface area contributed by atoms with Crippen LogP contribution in [0.4, 0.5) is 0 Å². The highest BCUT2D eigenvalue weighted by Gasteiger charge is 2.41. The van der Waals surface area contributed by atoms with Crippen molar-refractivity contribution in [2.24, 2.45) is 23.5 Å². The van der Waals surface area contributed by atoms with E-state index in [4.69, 9.17) is 5.73 Å². The highest BCUT2D eigenvalue weighted by molar-refractivity contribution is 5.80. The molecule has 158 valence electrons. The molecule has 5 heteroatoms. The number of likely N-dealkylation sites (tertiary alicyclic amines) is 1. The van der Waals surface area contributed by atoms with Gasteiger partial charge in [0, 0.05) is 37.5 Å². The third-order valence-electron chi connectivity index (χ3n) is 7.37. The molecule has 2 atom stereocenters. The van der Waals surface area contributed by atoms with Crippen molar-refractivity contribution >= 4 is 11.8 Å². The predicted molar refractivity (Wildman–Crippen MR) is 114 cm³/mol. The van der Waals surface area contributed by atoms with Crippen LogP contribution < -0.4 is 11.1 Å². The van der Waals surface area contributed by atoms with Crippen LogP contribution in [0.25, 0.3) is 0 Å². The molecular weight excluding hydrogens is 362 g/mol. The van der Waals surface area contributed by atoms with Gasteiger partial charge in [0.15, 0.2) is 0 Å². The van der Waals surface area contributed by atoms with Gasteiger partial charge in [-0.15, -0.1) is 0 Å². The van der Waals surface area contributed by atoms with Gasteiger partial charge in [0.25, 0.3) is 0 Å². The Bertz CT molecular complexity index is 685. The molecule has 3 aliphatic rings. The van der Waals surface area contributed by atoms with Gasteiger partial charge < -0.3 is 16.0 Å². The molecule has 2 unspecified atom stereocenters. The number of rotatable bonds is 5. The number of fused-ring (bicyclic) bond motifs is 2. The fourth-order valence-electron chi connectivity index (χ4n) is 5.75. The summed E-state index contributed by atoms with van der Waals surface area (Å²) in [5.41, 5.74) is 7.42. The van der Waals surface area contributed by atoms with E-state index >= 15 is 0 Å². The number of nitrogens with one attached hydrogen (secondary N) is 1. The third kappa shape index (κ3) is 5.00. The Labute approximate surface area is 174 Å². The fourth-order valence-corrected chi connectivity index (χ4v) is 5.75. The Morgan fingerprint density at radius 1 is 1.00 bits per heavy atom. The molecule has 2 saturated carbocycles. The average molecular weight is 398 g/mol. The summed E-state index contributed by atoms with van der Waals surface area (Å²) in [6.45, 7) is 1.40. The predicted octanol–water partition coefficient (Wildman–Crippen LogP) is 2.88. The van der Waals surface area contributed by atoms with Crippen LogP contribution >= 0.6 is 0 Å².